The summed E-state index contributed by atoms with van der Waals surface area (Å²) in [5, 5.41) is 3.69. The van der Waals surface area contributed by atoms with Gasteiger partial charge >= 0.3 is 0 Å². The first-order valence-electron chi connectivity index (χ1n) is 6.91. The van der Waals surface area contributed by atoms with Crippen molar-refractivity contribution in [2.45, 2.75) is 6.92 Å². The molecular weight excluding hydrogens is 347 g/mol. The summed E-state index contributed by atoms with van der Waals surface area (Å²) in [7, 11) is 1.87. The zero-order valence-electron chi connectivity index (χ0n) is 12.8. The number of carbonyl (C=O) groups is 1. The van der Waals surface area contributed by atoms with Crippen molar-refractivity contribution >= 4 is 48.1 Å². The molecule has 126 valence electrons. The van der Waals surface area contributed by atoms with E-state index < -0.39 is 0 Å². The zero-order chi connectivity index (χ0) is 14.5. The fraction of sp³-hybridized carbons (Fsp3) is 0.571. The van der Waals surface area contributed by atoms with Gasteiger partial charge in [-0.25, -0.2) is 4.98 Å². The molecule has 2 heterocycles. The first kappa shape index (κ1) is 21.2. The zero-order valence-corrected chi connectivity index (χ0v) is 15.2. The van der Waals surface area contributed by atoms with Gasteiger partial charge in [0.1, 0.15) is 5.82 Å². The Morgan fingerprint density at radius 2 is 1.95 bits per heavy atom. The van der Waals surface area contributed by atoms with Gasteiger partial charge in [-0.15, -0.1) is 24.8 Å². The molecule has 1 aliphatic rings. The Hall–Kier alpha value is -0.750. The number of anilines is 1. The van der Waals surface area contributed by atoms with Crippen LogP contribution < -0.4 is 10.2 Å². The Morgan fingerprint density at radius 3 is 2.45 bits per heavy atom. The van der Waals surface area contributed by atoms with Crippen molar-refractivity contribution in [1.29, 1.82) is 0 Å². The van der Waals surface area contributed by atoms with Gasteiger partial charge in [-0.2, -0.15) is 0 Å². The summed E-state index contributed by atoms with van der Waals surface area (Å²) >= 11 is 5.84. The van der Waals surface area contributed by atoms with Crippen LogP contribution in [0.1, 0.15) is 6.92 Å². The monoisotopic (exact) mass is 368 g/mol. The maximum Gasteiger partial charge on any atom is 0.226 e. The van der Waals surface area contributed by atoms with Crippen molar-refractivity contribution in [3.05, 3.63) is 23.4 Å². The number of halogens is 3. The number of pyridine rings is 1. The van der Waals surface area contributed by atoms with Crippen LogP contribution in [0, 0.1) is 5.92 Å². The van der Waals surface area contributed by atoms with Crippen LogP contribution in [0.15, 0.2) is 18.3 Å². The Balaban J connectivity index is 0.00000220. The lowest BCUT2D eigenvalue weighted by Crippen LogP contribution is -2.51. The second-order valence-corrected chi connectivity index (χ2v) is 5.54. The van der Waals surface area contributed by atoms with Gasteiger partial charge in [-0.3, -0.25) is 4.79 Å². The van der Waals surface area contributed by atoms with E-state index in [0.29, 0.717) is 5.02 Å². The third kappa shape index (κ3) is 5.47. The van der Waals surface area contributed by atoms with Gasteiger partial charge in [0.15, 0.2) is 0 Å². The summed E-state index contributed by atoms with van der Waals surface area (Å²) in [5.74, 6) is 1.17. The molecule has 0 bridgehead atoms. The van der Waals surface area contributed by atoms with Crippen molar-refractivity contribution in [1.82, 2.24) is 15.2 Å². The van der Waals surface area contributed by atoms with Gasteiger partial charge in [0.25, 0.3) is 0 Å². The molecule has 1 N–H and O–H groups in total. The highest BCUT2D eigenvalue weighted by Gasteiger charge is 2.24. The van der Waals surface area contributed by atoms with Gasteiger partial charge in [-0.1, -0.05) is 18.5 Å². The van der Waals surface area contributed by atoms with E-state index in [1.54, 1.807) is 6.20 Å². The maximum absolute atomic E-state index is 12.2. The number of hydrogen-bond donors (Lipinski definition) is 1. The van der Waals surface area contributed by atoms with Crippen LogP contribution in [0.25, 0.3) is 0 Å². The van der Waals surface area contributed by atoms with Crippen LogP contribution in [0.5, 0.6) is 0 Å². The average Bonchev–Trinajstić information content (AvgIpc) is 2.48. The number of hydrogen-bond acceptors (Lipinski definition) is 4. The lowest BCUT2D eigenvalue weighted by atomic mass is 10.1. The number of piperazine rings is 1. The Kier molecular flexibility index (Phi) is 9.76. The summed E-state index contributed by atoms with van der Waals surface area (Å²) in [6.07, 6.45) is 1.66. The summed E-state index contributed by atoms with van der Waals surface area (Å²) < 4.78 is 0. The average molecular weight is 370 g/mol. The summed E-state index contributed by atoms with van der Waals surface area (Å²) in [4.78, 5) is 20.6. The molecule has 0 aromatic carbocycles. The number of amides is 1. The fourth-order valence-corrected chi connectivity index (χ4v) is 2.53. The molecule has 2 rings (SSSR count). The van der Waals surface area contributed by atoms with E-state index in [1.165, 1.54) is 0 Å². The molecular formula is C14H23Cl3N4O. The molecule has 8 heteroatoms. The van der Waals surface area contributed by atoms with Crippen LogP contribution >= 0.6 is 36.4 Å². The lowest BCUT2D eigenvalue weighted by molar-refractivity contribution is -0.135. The third-order valence-electron chi connectivity index (χ3n) is 3.56. The molecule has 0 saturated carbocycles. The molecule has 1 fully saturated rings. The highest BCUT2D eigenvalue weighted by Crippen LogP contribution is 2.16. The van der Waals surface area contributed by atoms with Crippen LogP contribution in [-0.2, 0) is 4.79 Å². The van der Waals surface area contributed by atoms with E-state index in [0.717, 1.165) is 38.5 Å². The van der Waals surface area contributed by atoms with Gasteiger partial charge < -0.3 is 15.1 Å². The largest absolute Gasteiger partial charge is 0.353 e. The molecule has 1 saturated heterocycles. The van der Waals surface area contributed by atoms with Crippen LogP contribution in [0.4, 0.5) is 5.82 Å². The normalized spacial score (nSPS) is 15.6. The van der Waals surface area contributed by atoms with Crippen molar-refractivity contribution < 1.29 is 4.79 Å². The highest BCUT2D eigenvalue weighted by molar-refractivity contribution is 6.30. The smallest absolute Gasteiger partial charge is 0.226 e. The molecule has 1 aliphatic heterocycles. The molecule has 1 amide bonds. The van der Waals surface area contributed by atoms with Crippen LogP contribution in [0.3, 0.4) is 0 Å². The summed E-state index contributed by atoms with van der Waals surface area (Å²) in [6, 6.07) is 3.76. The first-order valence-corrected chi connectivity index (χ1v) is 7.29. The third-order valence-corrected chi connectivity index (χ3v) is 3.78. The Morgan fingerprint density at radius 1 is 1.32 bits per heavy atom. The number of nitrogens with zero attached hydrogens (tertiary/aromatic N) is 3. The van der Waals surface area contributed by atoms with Crippen molar-refractivity contribution in [3.63, 3.8) is 0 Å². The van der Waals surface area contributed by atoms with Gasteiger partial charge in [0, 0.05) is 44.8 Å². The van der Waals surface area contributed by atoms with E-state index in [9.17, 15) is 4.79 Å². The van der Waals surface area contributed by atoms with Crippen molar-refractivity contribution in [2.24, 2.45) is 5.92 Å². The molecule has 0 radical (unpaired) electrons. The first-order chi connectivity index (χ1) is 9.61. The van der Waals surface area contributed by atoms with E-state index in [1.807, 2.05) is 31.0 Å². The SMILES string of the molecule is CNCC(C)C(=O)N1CCN(c2ccc(Cl)cn2)CC1.Cl.Cl. The molecule has 1 aromatic heterocycles. The minimum absolute atomic E-state index is 0. The predicted octanol–water partition coefficient (Wildman–Crippen LogP) is 2.08. The lowest BCUT2D eigenvalue weighted by Gasteiger charge is -2.36. The van der Waals surface area contributed by atoms with Gasteiger partial charge in [0.2, 0.25) is 5.91 Å². The van der Waals surface area contributed by atoms with Crippen LogP contribution in [-0.4, -0.2) is 55.6 Å². The highest BCUT2D eigenvalue weighted by atomic mass is 35.5. The molecule has 1 unspecified atom stereocenters. The second-order valence-electron chi connectivity index (χ2n) is 5.11. The molecule has 22 heavy (non-hydrogen) atoms. The summed E-state index contributed by atoms with van der Waals surface area (Å²) in [6.45, 7) is 5.80. The number of rotatable bonds is 4. The van der Waals surface area contributed by atoms with Crippen LogP contribution in [0.2, 0.25) is 5.02 Å². The van der Waals surface area contributed by atoms with E-state index in [4.69, 9.17) is 11.6 Å². The Bertz CT molecular complexity index is 450. The topological polar surface area (TPSA) is 48.5 Å². The molecule has 0 aliphatic carbocycles. The molecule has 1 aromatic rings. The van der Waals surface area contributed by atoms with E-state index >= 15 is 0 Å². The minimum atomic E-state index is 0. The van der Waals surface area contributed by atoms with E-state index in [-0.39, 0.29) is 36.6 Å². The van der Waals surface area contributed by atoms with Crippen molar-refractivity contribution in [3.8, 4) is 0 Å². The molecule has 0 spiro atoms. The Labute approximate surface area is 149 Å². The quantitative estimate of drug-likeness (QED) is 0.883. The minimum Gasteiger partial charge on any atom is -0.353 e. The number of carbonyl (C=O) groups excluding carboxylic acids is 1. The number of nitrogens with one attached hydrogen (secondary N) is 1. The summed E-state index contributed by atoms with van der Waals surface area (Å²) in [5.41, 5.74) is 0. The second kappa shape index (κ2) is 10.1. The van der Waals surface area contributed by atoms with E-state index in [2.05, 4.69) is 15.2 Å². The van der Waals surface area contributed by atoms with Gasteiger partial charge in [0.05, 0.1) is 5.02 Å². The maximum atomic E-state index is 12.2. The molecule has 5 nitrogen and oxygen atoms in total. The van der Waals surface area contributed by atoms with Gasteiger partial charge in [-0.05, 0) is 19.2 Å². The predicted molar refractivity (Wildman–Crippen MR) is 95.6 cm³/mol. The number of aromatic nitrogens is 1. The fourth-order valence-electron chi connectivity index (χ4n) is 2.42. The molecule has 1 atom stereocenters. The standard InChI is InChI=1S/C14H21ClN4O.2ClH/c1-11(9-16-2)14(20)19-7-5-18(6-8-19)13-4-3-12(15)10-17-13;;/h3-4,10-11,16H,5-9H2,1-2H3;2*1H. The van der Waals surface area contributed by atoms with Crippen molar-refractivity contribution in [2.75, 3.05) is 44.7 Å².